The topological polar surface area (TPSA) is 39.9 Å². The molecule has 0 aliphatic rings. The van der Waals surface area contributed by atoms with Crippen molar-refractivity contribution < 1.29 is 17.9 Å². The first-order valence-corrected chi connectivity index (χ1v) is 11.7. The molecule has 0 atom stereocenters. The Balaban J connectivity index is 1.53. The number of ether oxygens (including phenoxy) is 1. The predicted octanol–water partition coefficient (Wildman–Crippen LogP) is 8.30. The van der Waals surface area contributed by atoms with Gasteiger partial charge < -0.3 is 4.74 Å². The third-order valence-electron chi connectivity index (χ3n) is 5.66. The first-order valence-electron chi connectivity index (χ1n) is 10.9. The number of pyridine rings is 1. The minimum Gasteiger partial charge on any atom is -0.489 e. The Bertz CT molecular complexity index is 1530. The molecule has 5 rings (SSSR count). The lowest BCUT2D eigenvalue weighted by Gasteiger charge is -2.12. The monoisotopic (exact) mass is 527 g/mol. The molecule has 0 unspecified atom stereocenters. The SMILES string of the molecule is Cc1nn(-c2ccc(Cl)cc2)c2nc(-c3ccc(OCc4ccc(Cl)cc4)cc3)cc(C(F)(F)F)c12. The first kappa shape index (κ1) is 24.2. The van der Waals surface area contributed by atoms with Gasteiger partial charge in [-0.25, -0.2) is 9.67 Å². The Labute approximate surface area is 214 Å². The molecule has 3 aromatic carbocycles. The number of aryl methyl sites for hydroxylation is 1. The molecular weight excluding hydrogens is 510 g/mol. The van der Waals surface area contributed by atoms with E-state index in [4.69, 9.17) is 27.9 Å². The average molecular weight is 528 g/mol. The summed E-state index contributed by atoms with van der Waals surface area (Å²) < 4.78 is 49.5. The minimum atomic E-state index is -4.59. The van der Waals surface area contributed by atoms with E-state index < -0.39 is 11.7 Å². The second-order valence-corrected chi connectivity index (χ2v) is 9.04. The molecule has 0 radical (unpaired) electrons. The van der Waals surface area contributed by atoms with Gasteiger partial charge in [0.25, 0.3) is 0 Å². The van der Waals surface area contributed by atoms with Gasteiger partial charge in [-0.1, -0.05) is 35.3 Å². The van der Waals surface area contributed by atoms with Gasteiger partial charge in [0, 0.05) is 15.6 Å². The van der Waals surface area contributed by atoms with Gasteiger partial charge >= 0.3 is 6.18 Å². The van der Waals surface area contributed by atoms with Crippen LogP contribution in [-0.2, 0) is 12.8 Å². The Morgan fingerprint density at radius 1 is 0.861 bits per heavy atom. The van der Waals surface area contributed by atoms with E-state index in [9.17, 15) is 13.2 Å². The third-order valence-corrected chi connectivity index (χ3v) is 6.16. The zero-order valence-corrected chi connectivity index (χ0v) is 20.4. The van der Waals surface area contributed by atoms with Gasteiger partial charge in [0.05, 0.1) is 28.0 Å². The van der Waals surface area contributed by atoms with Crippen molar-refractivity contribution in [3.8, 4) is 22.7 Å². The highest BCUT2D eigenvalue weighted by Gasteiger charge is 2.35. The Kier molecular flexibility index (Phi) is 6.36. The van der Waals surface area contributed by atoms with Crippen LogP contribution >= 0.6 is 23.2 Å². The molecule has 9 heteroatoms. The highest BCUT2D eigenvalue weighted by Crippen LogP contribution is 2.39. The van der Waals surface area contributed by atoms with E-state index in [0.29, 0.717) is 33.7 Å². The molecule has 5 aromatic rings. The second-order valence-electron chi connectivity index (χ2n) is 8.16. The summed E-state index contributed by atoms with van der Waals surface area (Å²) in [7, 11) is 0. The lowest BCUT2D eigenvalue weighted by Crippen LogP contribution is -2.08. The van der Waals surface area contributed by atoms with Crippen molar-refractivity contribution in [3.63, 3.8) is 0 Å². The number of aromatic nitrogens is 3. The summed E-state index contributed by atoms with van der Waals surface area (Å²) in [5, 5.41) is 5.46. The molecule has 0 bridgehead atoms. The molecule has 0 saturated heterocycles. The molecule has 36 heavy (non-hydrogen) atoms. The van der Waals surface area contributed by atoms with Crippen LogP contribution < -0.4 is 4.74 Å². The number of benzene rings is 3. The first-order chi connectivity index (χ1) is 17.2. The summed E-state index contributed by atoms with van der Waals surface area (Å²) >= 11 is 11.9. The van der Waals surface area contributed by atoms with Gasteiger partial charge in [-0.3, -0.25) is 0 Å². The maximum absolute atomic E-state index is 14.1. The quantitative estimate of drug-likeness (QED) is 0.230. The number of fused-ring (bicyclic) bond motifs is 1. The van der Waals surface area contributed by atoms with Gasteiger partial charge in [0.1, 0.15) is 12.4 Å². The molecular formula is C27H18Cl2F3N3O. The van der Waals surface area contributed by atoms with Crippen molar-refractivity contribution in [2.75, 3.05) is 0 Å². The summed E-state index contributed by atoms with van der Waals surface area (Å²) in [5.74, 6) is 0.577. The Hall–Kier alpha value is -3.55. The third kappa shape index (κ3) is 4.90. The van der Waals surface area contributed by atoms with Gasteiger partial charge in [0.2, 0.25) is 0 Å². The van der Waals surface area contributed by atoms with Crippen LogP contribution in [0, 0.1) is 6.92 Å². The van der Waals surface area contributed by atoms with Crippen LogP contribution in [0.4, 0.5) is 13.2 Å². The average Bonchev–Trinajstić information content (AvgIpc) is 3.19. The number of halogens is 5. The number of nitrogens with zero attached hydrogens (tertiary/aromatic N) is 3. The van der Waals surface area contributed by atoms with Crippen LogP contribution in [0.1, 0.15) is 16.8 Å². The Morgan fingerprint density at radius 2 is 1.47 bits per heavy atom. The zero-order valence-electron chi connectivity index (χ0n) is 18.9. The van der Waals surface area contributed by atoms with Crippen molar-refractivity contribution in [2.24, 2.45) is 0 Å². The molecule has 4 nitrogen and oxygen atoms in total. The summed E-state index contributed by atoms with van der Waals surface area (Å²) in [4.78, 5) is 4.58. The minimum absolute atomic E-state index is 0.0379. The van der Waals surface area contributed by atoms with E-state index in [1.54, 1.807) is 60.7 Å². The highest BCUT2D eigenvalue weighted by molar-refractivity contribution is 6.30. The number of hydrogen-bond acceptors (Lipinski definition) is 3. The fourth-order valence-electron chi connectivity index (χ4n) is 3.89. The van der Waals surface area contributed by atoms with Crippen molar-refractivity contribution in [1.82, 2.24) is 14.8 Å². The van der Waals surface area contributed by atoms with Crippen LogP contribution in [0.2, 0.25) is 10.0 Å². The standard InChI is InChI=1S/C27H18Cl2F3N3O/c1-16-25-23(27(30,31)32)14-24(33-26(25)35(34-16)21-10-8-20(29)9-11-21)18-4-12-22(13-5-18)36-15-17-2-6-19(28)7-3-17/h2-14H,15H2,1H3. The number of alkyl halides is 3. The van der Waals surface area contributed by atoms with Crippen molar-refractivity contribution in [1.29, 1.82) is 0 Å². The van der Waals surface area contributed by atoms with E-state index in [2.05, 4.69) is 10.1 Å². The summed E-state index contributed by atoms with van der Waals surface area (Å²) in [5.41, 5.74) is 1.75. The van der Waals surface area contributed by atoms with Crippen LogP contribution in [0.3, 0.4) is 0 Å². The van der Waals surface area contributed by atoms with Crippen molar-refractivity contribution >= 4 is 34.2 Å². The van der Waals surface area contributed by atoms with E-state index in [1.807, 2.05) is 12.1 Å². The number of rotatable bonds is 5. The van der Waals surface area contributed by atoms with E-state index in [-0.39, 0.29) is 22.4 Å². The van der Waals surface area contributed by atoms with E-state index in [1.165, 1.54) is 11.6 Å². The fraction of sp³-hybridized carbons (Fsp3) is 0.111. The van der Waals surface area contributed by atoms with E-state index >= 15 is 0 Å². The maximum Gasteiger partial charge on any atom is 0.417 e. The predicted molar refractivity (Wildman–Crippen MR) is 135 cm³/mol. The van der Waals surface area contributed by atoms with Crippen LogP contribution in [-0.4, -0.2) is 14.8 Å². The fourth-order valence-corrected chi connectivity index (χ4v) is 4.14. The maximum atomic E-state index is 14.1. The highest BCUT2D eigenvalue weighted by atomic mass is 35.5. The lowest BCUT2D eigenvalue weighted by molar-refractivity contribution is -0.136. The molecule has 2 aromatic heterocycles. The van der Waals surface area contributed by atoms with Crippen molar-refractivity contribution in [2.45, 2.75) is 19.7 Å². The molecule has 0 fully saturated rings. The molecule has 0 N–H and O–H groups in total. The van der Waals surface area contributed by atoms with Crippen molar-refractivity contribution in [3.05, 3.63) is 106 Å². The van der Waals surface area contributed by atoms with Gasteiger partial charge in [0.15, 0.2) is 5.65 Å². The molecule has 0 amide bonds. The summed E-state index contributed by atoms with van der Waals surface area (Å²) in [6.07, 6.45) is -4.59. The molecule has 0 aliphatic heterocycles. The van der Waals surface area contributed by atoms with Gasteiger partial charge in [-0.15, -0.1) is 0 Å². The van der Waals surface area contributed by atoms with Gasteiger partial charge in [-0.2, -0.15) is 18.3 Å². The molecule has 0 saturated carbocycles. The molecule has 0 aliphatic carbocycles. The van der Waals surface area contributed by atoms with Gasteiger partial charge in [-0.05, 0) is 79.2 Å². The van der Waals surface area contributed by atoms with Crippen LogP contribution in [0.25, 0.3) is 28.0 Å². The molecule has 182 valence electrons. The molecule has 0 spiro atoms. The zero-order chi connectivity index (χ0) is 25.4. The normalized spacial score (nSPS) is 11.7. The largest absolute Gasteiger partial charge is 0.489 e. The lowest BCUT2D eigenvalue weighted by atomic mass is 10.0. The second kappa shape index (κ2) is 9.48. The number of hydrogen-bond donors (Lipinski definition) is 0. The summed E-state index contributed by atoms with van der Waals surface area (Å²) in [6, 6.07) is 21.8. The summed E-state index contributed by atoms with van der Waals surface area (Å²) in [6.45, 7) is 1.87. The van der Waals surface area contributed by atoms with Crippen LogP contribution in [0.5, 0.6) is 5.75 Å². The van der Waals surface area contributed by atoms with Crippen LogP contribution in [0.15, 0.2) is 78.9 Å². The van der Waals surface area contributed by atoms with E-state index in [0.717, 1.165) is 11.6 Å². The Morgan fingerprint density at radius 3 is 2.08 bits per heavy atom. The smallest absolute Gasteiger partial charge is 0.417 e. The molecule has 2 heterocycles.